The van der Waals surface area contributed by atoms with Crippen LogP contribution in [0.2, 0.25) is 0 Å². The average Bonchev–Trinajstić information content (AvgIpc) is 2.93. The molecule has 3 rings (SSSR count). The van der Waals surface area contributed by atoms with E-state index in [2.05, 4.69) is 66.1 Å². The van der Waals surface area contributed by atoms with Crippen LogP contribution in [0.1, 0.15) is 25.0 Å². The van der Waals surface area contributed by atoms with E-state index in [0.29, 0.717) is 0 Å². The smallest absolute Gasteiger partial charge is 0.141 e. The first-order valence-electron chi connectivity index (χ1n) is 7.70. The van der Waals surface area contributed by atoms with Crippen LogP contribution in [0.3, 0.4) is 0 Å². The molecule has 0 saturated heterocycles. The van der Waals surface area contributed by atoms with Crippen LogP contribution in [-0.4, -0.2) is 23.1 Å². The molecule has 0 radical (unpaired) electrons. The summed E-state index contributed by atoms with van der Waals surface area (Å²) in [4.78, 5) is 12.4. The van der Waals surface area contributed by atoms with Crippen LogP contribution in [0.5, 0.6) is 0 Å². The van der Waals surface area contributed by atoms with Gasteiger partial charge in [0.25, 0.3) is 0 Å². The number of aryl methyl sites for hydroxylation is 2. The predicted octanol–water partition coefficient (Wildman–Crippen LogP) is 4.82. The van der Waals surface area contributed by atoms with Crippen molar-refractivity contribution in [2.24, 2.45) is 0 Å². The maximum Gasteiger partial charge on any atom is 0.141 e. The first kappa shape index (κ1) is 15.0. The number of aromatic nitrogens is 2. The molecule has 0 atom stereocenters. The van der Waals surface area contributed by atoms with Crippen molar-refractivity contribution in [3.63, 3.8) is 0 Å². The topological polar surface area (TPSA) is 29.0 Å². The molecule has 3 aromatic rings. The van der Waals surface area contributed by atoms with Gasteiger partial charge in [-0.2, -0.15) is 0 Å². The van der Waals surface area contributed by atoms with Crippen LogP contribution >= 0.6 is 11.3 Å². The third-order valence-corrected chi connectivity index (χ3v) is 4.97. The van der Waals surface area contributed by atoms with Crippen molar-refractivity contribution in [3.8, 4) is 11.1 Å². The number of fused-ring (bicyclic) bond motifs is 1. The van der Waals surface area contributed by atoms with E-state index in [4.69, 9.17) is 0 Å². The summed E-state index contributed by atoms with van der Waals surface area (Å²) in [7, 11) is 0. The Labute approximate surface area is 135 Å². The lowest BCUT2D eigenvalue weighted by atomic mass is 9.99. The number of nitrogens with zero attached hydrogens (tertiary/aromatic N) is 3. The number of benzene rings is 1. The lowest BCUT2D eigenvalue weighted by Crippen LogP contribution is -2.23. The molecule has 0 spiro atoms. The van der Waals surface area contributed by atoms with Gasteiger partial charge in [-0.1, -0.05) is 23.8 Å². The highest BCUT2D eigenvalue weighted by Crippen LogP contribution is 2.39. The van der Waals surface area contributed by atoms with Gasteiger partial charge in [-0.3, -0.25) is 0 Å². The Hall–Kier alpha value is -1.94. The second-order valence-electron chi connectivity index (χ2n) is 5.52. The maximum atomic E-state index is 4.58. The fourth-order valence-electron chi connectivity index (χ4n) is 2.94. The molecule has 0 N–H and O–H groups in total. The van der Waals surface area contributed by atoms with Gasteiger partial charge >= 0.3 is 0 Å². The first-order chi connectivity index (χ1) is 10.7. The second-order valence-corrected chi connectivity index (χ2v) is 6.38. The monoisotopic (exact) mass is 311 g/mol. The van der Waals surface area contributed by atoms with E-state index in [-0.39, 0.29) is 0 Å². The van der Waals surface area contributed by atoms with Gasteiger partial charge in [-0.05, 0) is 38.8 Å². The summed E-state index contributed by atoms with van der Waals surface area (Å²) in [6.45, 7) is 10.5. The molecule has 2 heterocycles. The minimum atomic E-state index is 0.949. The van der Waals surface area contributed by atoms with E-state index >= 15 is 0 Å². The van der Waals surface area contributed by atoms with Crippen molar-refractivity contribution in [1.29, 1.82) is 0 Å². The molecule has 0 amide bonds. The fourth-order valence-corrected chi connectivity index (χ4v) is 3.84. The fraction of sp³-hybridized carbons (Fsp3) is 0.333. The van der Waals surface area contributed by atoms with Gasteiger partial charge in [0.1, 0.15) is 17.0 Å². The van der Waals surface area contributed by atoms with Gasteiger partial charge in [0, 0.05) is 24.0 Å². The van der Waals surface area contributed by atoms with Crippen molar-refractivity contribution >= 4 is 27.4 Å². The minimum Gasteiger partial charge on any atom is -0.357 e. The van der Waals surface area contributed by atoms with E-state index in [1.165, 1.54) is 27.6 Å². The van der Waals surface area contributed by atoms with E-state index in [9.17, 15) is 0 Å². The normalized spacial score (nSPS) is 11.1. The Bertz CT molecular complexity index is 803. The summed E-state index contributed by atoms with van der Waals surface area (Å²) in [6, 6.07) is 6.62. The molecule has 22 heavy (non-hydrogen) atoms. The summed E-state index contributed by atoms with van der Waals surface area (Å²) >= 11 is 1.70. The lowest BCUT2D eigenvalue weighted by Gasteiger charge is -2.21. The lowest BCUT2D eigenvalue weighted by molar-refractivity contribution is 0.849. The van der Waals surface area contributed by atoms with E-state index < -0.39 is 0 Å². The van der Waals surface area contributed by atoms with Crippen LogP contribution in [-0.2, 0) is 0 Å². The molecular weight excluding hydrogens is 290 g/mol. The summed E-state index contributed by atoms with van der Waals surface area (Å²) in [5.41, 5.74) is 5.12. The SMILES string of the molecule is CCN(CC)c1ncnc2scc(-c3ccc(C)cc3C)c12. The van der Waals surface area contributed by atoms with Crippen molar-refractivity contribution in [3.05, 3.63) is 41.0 Å². The molecule has 3 nitrogen and oxygen atoms in total. The Morgan fingerprint density at radius 2 is 1.82 bits per heavy atom. The molecule has 4 heteroatoms. The van der Waals surface area contributed by atoms with Gasteiger partial charge in [0.05, 0.1) is 5.39 Å². The zero-order valence-electron chi connectivity index (χ0n) is 13.6. The van der Waals surface area contributed by atoms with Gasteiger partial charge < -0.3 is 4.90 Å². The molecule has 0 aliphatic carbocycles. The van der Waals surface area contributed by atoms with Crippen LogP contribution in [0, 0.1) is 13.8 Å². The summed E-state index contributed by atoms with van der Waals surface area (Å²) in [6.07, 6.45) is 1.68. The van der Waals surface area contributed by atoms with Crippen LogP contribution < -0.4 is 4.90 Å². The number of anilines is 1. The Morgan fingerprint density at radius 1 is 1.05 bits per heavy atom. The molecule has 0 bridgehead atoms. The molecule has 0 saturated carbocycles. The molecule has 0 fully saturated rings. The predicted molar refractivity (Wildman–Crippen MR) is 95.9 cm³/mol. The molecule has 0 unspecified atom stereocenters. The van der Waals surface area contributed by atoms with Crippen LogP contribution in [0.4, 0.5) is 5.82 Å². The van der Waals surface area contributed by atoms with Crippen molar-refractivity contribution < 1.29 is 0 Å². The maximum absolute atomic E-state index is 4.58. The van der Waals surface area contributed by atoms with Crippen molar-refractivity contribution in [1.82, 2.24) is 9.97 Å². The number of hydrogen-bond donors (Lipinski definition) is 0. The van der Waals surface area contributed by atoms with E-state index in [0.717, 1.165) is 23.7 Å². The highest BCUT2D eigenvalue weighted by Gasteiger charge is 2.17. The van der Waals surface area contributed by atoms with Crippen molar-refractivity contribution in [2.45, 2.75) is 27.7 Å². The Kier molecular flexibility index (Phi) is 4.12. The largest absolute Gasteiger partial charge is 0.357 e. The van der Waals surface area contributed by atoms with Crippen LogP contribution in [0.15, 0.2) is 29.9 Å². The van der Waals surface area contributed by atoms with Gasteiger partial charge in [0.2, 0.25) is 0 Å². The zero-order chi connectivity index (χ0) is 15.7. The highest BCUT2D eigenvalue weighted by atomic mass is 32.1. The standard InChI is InChI=1S/C18H21N3S/c1-5-21(6-2)17-16-15(10-22-18(16)20-11-19-17)14-8-7-12(3)9-13(14)4/h7-11H,5-6H2,1-4H3. The molecule has 0 aliphatic heterocycles. The third-order valence-electron chi connectivity index (χ3n) is 4.09. The number of hydrogen-bond acceptors (Lipinski definition) is 4. The first-order valence-corrected chi connectivity index (χ1v) is 8.58. The molecular formula is C18H21N3S. The van der Waals surface area contributed by atoms with Gasteiger partial charge in [-0.15, -0.1) is 11.3 Å². The zero-order valence-corrected chi connectivity index (χ0v) is 14.4. The summed E-state index contributed by atoms with van der Waals surface area (Å²) in [5.74, 6) is 1.05. The van der Waals surface area contributed by atoms with Crippen LogP contribution in [0.25, 0.3) is 21.3 Å². The number of thiophene rings is 1. The molecule has 114 valence electrons. The Morgan fingerprint density at radius 3 is 2.50 bits per heavy atom. The van der Waals surface area contributed by atoms with E-state index in [1.54, 1.807) is 17.7 Å². The minimum absolute atomic E-state index is 0.949. The highest BCUT2D eigenvalue weighted by molar-refractivity contribution is 7.17. The second kappa shape index (κ2) is 6.05. The quantitative estimate of drug-likeness (QED) is 0.691. The van der Waals surface area contributed by atoms with Gasteiger partial charge in [0.15, 0.2) is 0 Å². The van der Waals surface area contributed by atoms with Crippen molar-refractivity contribution in [2.75, 3.05) is 18.0 Å². The Balaban J connectivity index is 2.27. The van der Waals surface area contributed by atoms with Gasteiger partial charge in [-0.25, -0.2) is 9.97 Å². The number of rotatable bonds is 4. The van der Waals surface area contributed by atoms with E-state index in [1.807, 2.05) is 0 Å². The molecule has 0 aliphatic rings. The summed E-state index contributed by atoms with van der Waals surface area (Å²) < 4.78 is 0. The average molecular weight is 311 g/mol. The molecule has 2 aromatic heterocycles. The third kappa shape index (κ3) is 2.48. The summed E-state index contributed by atoms with van der Waals surface area (Å²) in [5, 5.41) is 3.40. The molecule has 1 aromatic carbocycles.